The summed E-state index contributed by atoms with van der Waals surface area (Å²) in [6.07, 6.45) is 0. The van der Waals surface area contributed by atoms with Gasteiger partial charge in [-0.3, -0.25) is 0 Å². The largest absolute Gasteiger partial charge is 0.478 e. The molecule has 0 radical (unpaired) electrons. The van der Waals surface area contributed by atoms with Gasteiger partial charge in [-0.15, -0.1) is 0 Å². The summed E-state index contributed by atoms with van der Waals surface area (Å²) in [4.78, 5) is 13.0. The van der Waals surface area contributed by atoms with E-state index in [1.807, 2.05) is 11.0 Å². The summed E-state index contributed by atoms with van der Waals surface area (Å²) in [5.74, 6) is -1.00. The number of benzene rings is 2. The highest BCUT2D eigenvalue weighted by atomic mass is 16.4. The molecule has 0 fully saturated rings. The zero-order valence-electron chi connectivity index (χ0n) is 12.6. The molecule has 0 bridgehead atoms. The van der Waals surface area contributed by atoms with Crippen LogP contribution in [-0.4, -0.2) is 47.6 Å². The van der Waals surface area contributed by atoms with Crippen molar-refractivity contribution in [3.05, 3.63) is 48.0 Å². The number of nitrogens with zero attached hydrogens (tertiary/aromatic N) is 1. The van der Waals surface area contributed by atoms with Gasteiger partial charge in [-0.05, 0) is 35.9 Å². The Kier molecular flexibility index (Phi) is 5.56. The molecule has 0 heterocycles. The third-order valence-corrected chi connectivity index (χ3v) is 3.52. The monoisotopic (exact) mass is 316 g/mol. The van der Waals surface area contributed by atoms with Crippen molar-refractivity contribution in [2.24, 2.45) is 0 Å². The van der Waals surface area contributed by atoms with Crippen molar-refractivity contribution in [2.75, 3.05) is 36.9 Å². The maximum absolute atomic E-state index is 11.2. The van der Waals surface area contributed by atoms with E-state index in [-0.39, 0.29) is 18.8 Å². The van der Waals surface area contributed by atoms with Gasteiger partial charge in [-0.2, -0.15) is 0 Å². The number of nitrogen functional groups attached to an aromatic ring is 1. The van der Waals surface area contributed by atoms with Crippen molar-refractivity contribution >= 4 is 17.3 Å². The normalized spacial score (nSPS) is 10.5. The van der Waals surface area contributed by atoms with Crippen LogP contribution in [0.25, 0.3) is 11.1 Å². The molecule has 2 rings (SSSR count). The second-order valence-electron chi connectivity index (χ2n) is 5.10. The Bertz CT molecular complexity index is 682. The Balaban J connectivity index is 2.54. The Morgan fingerprint density at radius 3 is 2.35 bits per heavy atom. The van der Waals surface area contributed by atoms with Gasteiger partial charge >= 0.3 is 5.97 Å². The highest BCUT2D eigenvalue weighted by Crippen LogP contribution is 2.33. The Morgan fingerprint density at radius 1 is 1.04 bits per heavy atom. The van der Waals surface area contributed by atoms with Gasteiger partial charge in [0.15, 0.2) is 0 Å². The number of carboxylic acid groups (broad SMARTS) is 1. The van der Waals surface area contributed by atoms with Crippen LogP contribution in [0.1, 0.15) is 10.4 Å². The quantitative estimate of drug-likeness (QED) is 0.576. The predicted octanol–water partition coefficient (Wildman–Crippen LogP) is 1.43. The second-order valence-corrected chi connectivity index (χ2v) is 5.10. The van der Waals surface area contributed by atoms with Crippen LogP contribution in [0.15, 0.2) is 42.5 Å². The molecule has 2 aromatic rings. The van der Waals surface area contributed by atoms with Crippen molar-refractivity contribution < 1.29 is 20.1 Å². The maximum Gasteiger partial charge on any atom is 0.335 e. The van der Waals surface area contributed by atoms with E-state index in [1.54, 1.807) is 30.3 Å². The first-order valence-electron chi connectivity index (χ1n) is 7.26. The SMILES string of the molecule is Nc1ccc(N(CCO)CCO)c(-c2cccc(C(=O)O)c2)c1. The fourth-order valence-electron chi connectivity index (χ4n) is 2.47. The third kappa shape index (κ3) is 4.00. The molecule has 0 amide bonds. The number of carbonyl (C=O) groups is 1. The van der Waals surface area contributed by atoms with Gasteiger partial charge in [-0.25, -0.2) is 4.79 Å². The molecule has 2 aromatic carbocycles. The van der Waals surface area contributed by atoms with Gasteiger partial charge in [0.1, 0.15) is 0 Å². The van der Waals surface area contributed by atoms with Crippen LogP contribution in [-0.2, 0) is 0 Å². The molecule has 23 heavy (non-hydrogen) atoms. The standard InChI is InChI=1S/C17H20N2O4/c18-14-4-5-16(19(6-8-20)7-9-21)15(11-14)12-2-1-3-13(10-12)17(22)23/h1-5,10-11,20-21H,6-9,18H2,(H,22,23). The summed E-state index contributed by atoms with van der Waals surface area (Å²) in [5, 5.41) is 27.6. The fraction of sp³-hybridized carbons (Fsp3) is 0.235. The number of carboxylic acids is 1. The molecule has 0 aliphatic heterocycles. The maximum atomic E-state index is 11.2. The van der Waals surface area contributed by atoms with Gasteiger partial charge in [-0.1, -0.05) is 12.1 Å². The van der Waals surface area contributed by atoms with E-state index in [9.17, 15) is 15.0 Å². The smallest absolute Gasteiger partial charge is 0.335 e. The van der Waals surface area contributed by atoms with E-state index in [4.69, 9.17) is 10.8 Å². The van der Waals surface area contributed by atoms with Crippen LogP contribution in [0.5, 0.6) is 0 Å². The molecule has 6 heteroatoms. The first-order chi connectivity index (χ1) is 11.1. The highest BCUT2D eigenvalue weighted by Gasteiger charge is 2.14. The summed E-state index contributed by atoms with van der Waals surface area (Å²) in [5.41, 5.74) is 8.87. The molecule has 0 spiro atoms. The first kappa shape index (κ1) is 16.8. The number of aromatic carboxylic acids is 1. The number of anilines is 2. The van der Waals surface area contributed by atoms with Crippen molar-refractivity contribution in [3.8, 4) is 11.1 Å². The average molecular weight is 316 g/mol. The molecular formula is C17H20N2O4. The molecule has 5 N–H and O–H groups in total. The van der Waals surface area contributed by atoms with E-state index in [2.05, 4.69) is 0 Å². The van der Waals surface area contributed by atoms with Gasteiger partial charge < -0.3 is 26.0 Å². The number of hydrogen-bond acceptors (Lipinski definition) is 5. The van der Waals surface area contributed by atoms with Crippen LogP contribution in [0.4, 0.5) is 11.4 Å². The zero-order chi connectivity index (χ0) is 16.8. The molecule has 0 unspecified atom stereocenters. The summed E-state index contributed by atoms with van der Waals surface area (Å²) in [6, 6.07) is 11.9. The lowest BCUT2D eigenvalue weighted by Gasteiger charge is -2.26. The average Bonchev–Trinajstić information content (AvgIpc) is 2.55. The fourth-order valence-corrected chi connectivity index (χ4v) is 2.47. The summed E-state index contributed by atoms with van der Waals surface area (Å²) in [7, 11) is 0. The Morgan fingerprint density at radius 2 is 1.74 bits per heavy atom. The molecule has 0 aliphatic carbocycles. The molecule has 6 nitrogen and oxygen atoms in total. The lowest BCUT2D eigenvalue weighted by Crippen LogP contribution is -2.30. The molecule has 122 valence electrons. The number of rotatable bonds is 7. The van der Waals surface area contributed by atoms with E-state index in [1.165, 1.54) is 6.07 Å². The molecular weight excluding hydrogens is 296 g/mol. The van der Waals surface area contributed by atoms with Crippen LogP contribution >= 0.6 is 0 Å². The Hall–Kier alpha value is -2.57. The molecule has 0 saturated heterocycles. The highest BCUT2D eigenvalue weighted by molar-refractivity contribution is 5.91. The van der Waals surface area contributed by atoms with Crippen LogP contribution in [0.3, 0.4) is 0 Å². The Labute approximate surface area is 134 Å². The molecule has 0 aliphatic rings. The summed E-state index contributed by atoms with van der Waals surface area (Å²) in [6.45, 7) is 0.601. The van der Waals surface area contributed by atoms with Gasteiger partial charge in [0.2, 0.25) is 0 Å². The van der Waals surface area contributed by atoms with Crippen LogP contribution in [0, 0.1) is 0 Å². The summed E-state index contributed by atoms with van der Waals surface area (Å²) < 4.78 is 0. The van der Waals surface area contributed by atoms with Gasteiger partial charge in [0.05, 0.1) is 18.8 Å². The van der Waals surface area contributed by atoms with E-state index in [0.717, 1.165) is 11.3 Å². The van der Waals surface area contributed by atoms with E-state index in [0.29, 0.717) is 24.3 Å². The number of aliphatic hydroxyl groups is 2. The lowest BCUT2D eigenvalue weighted by molar-refractivity contribution is 0.0697. The van der Waals surface area contributed by atoms with E-state index < -0.39 is 5.97 Å². The number of aliphatic hydroxyl groups excluding tert-OH is 2. The first-order valence-corrected chi connectivity index (χ1v) is 7.26. The zero-order valence-corrected chi connectivity index (χ0v) is 12.6. The lowest BCUT2D eigenvalue weighted by atomic mass is 10.00. The minimum atomic E-state index is -1.00. The second kappa shape index (κ2) is 7.62. The number of nitrogens with two attached hydrogens (primary N) is 1. The predicted molar refractivity (Wildman–Crippen MR) is 89.6 cm³/mol. The molecule has 0 aromatic heterocycles. The van der Waals surface area contributed by atoms with Gasteiger partial charge in [0.25, 0.3) is 0 Å². The van der Waals surface area contributed by atoms with Crippen LogP contribution < -0.4 is 10.6 Å². The number of hydrogen-bond donors (Lipinski definition) is 4. The summed E-state index contributed by atoms with van der Waals surface area (Å²) >= 11 is 0. The van der Waals surface area contributed by atoms with Crippen molar-refractivity contribution in [1.29, 1.82) is 0 Å². The van der Waals surface area contributed by atoms with Gasteiger partial charge in [0, 0.05) is 30.0 Å². The molecule has 0 atom stereocenters. The van der Waals surface area contributed by atoms with Crippen molar-refractivity contribution in [3.63, 3.8) is 0 Å². The molecule has 0 saturated carbocycles. The van der Waals surface area contributed by atoms with Crippen molar-refractivity contribution in [1.82, 2.24) is 0 Å². The van der Waals surface area contributed by atoms with Crippen LogP contribution in [0.2, 0.25) is 0 Å². The minimum absolute atomic E-state index is 0.0566. The minimum Gasteiger partial charge on any atom is -0.478 e. The van der Waals surface area contributed by atoms with Crippen molar-refractivity contribution in [2.45, 2.75) is 0 Å². The third-order valence-electron chi connectivity index (χ3n) is 3.52. The van der Waals surface area contributed by atoms with E-state index >= 15 is 0 Å². The topological polar surface area (TPSA) is 107 Å².